The van der Waals surface area contributed by atoms with Gasteiger partial charge in [0.05, 0.1) is 36.4 Å². The lowest BCUT2D eigenvalue weighted by molar-refractivity contribution is -0.141. The monoisotopic (exact) mass is 462 g/mol. The van der Waals surface area contributed by atoms with Crippen LogP contribution >= 0.6 is 0 Å². The lowest BCUT2D eigenvalue weighted by Gasteiger charge is -2.49. The molecule has 3 fully saturated rings. The maximum Gasteiger partial charge on any atom is 0.434 e. The zero-order valence-corrected chi connectivity index (χ0v) is 17.1. The first-order valence-corrected chi connectivity index (χ1v) is 10.3. The molecule has 0 N–H and O–H groups in total. The summed E-state index contributed by atoms with van der Waals surface area (Å²) in [5, 5.41) is 7.91. The van der Waals surface area contributed by atoms with E-state index in [9.17, 15) is 22.4 Å². The first-order valence-electron chi connectivity index (χ1n) is 10.3. The minimum absolute atomic E-state index is 0.0415. The number of halogens is 4. The van der Waals surface area contributed by atoms with E-state index in [1.807, 2.05) is 0 Å². The molecule has 0 spiro atoms. The van der Waals surface area contributed by atoms with Crippen LogP contribution in [0.3, 0.4) is 0 Å². The first-order chi connectivity index (χ1) is 15.8. The van der Waals surface area contributed by atoms with E-state index in [0.717, 1.165) is 17.4 Å². The molecule has 3 atom stereocenters. The Bertz CT molecular complexity index is 1150. The van der Waals surface area contributed by atoms with Crippen LogP contribution in [0.1, 0.15) is 35.3 Å². The van der Waals surface area contributed by atoms with Crippen molar-refractivity contribution in [3.05, 3.63) is 60.1 Å². The Morgan fingerprint density at radius 3 is 2.55 bits per heavy atom. The molecule has 3 aliphatic rings. The Kier molecular flexibility index (Phi) is 5.22. The van der Waals surface area contributed by atoms with Gasteiger partial charge in [0.15, 0.2) is 11.5 Å². The number of alkyl halides is 3. The zero-order chi connectivity index (χ0) is 23.2. The number of ether oxygens (including phenoxy) is 1. The van der Waals surface area contributed by atoms with Crippen molar-refractivity contribution < 1.29 is 27.1 Å². The summed E-state index contributed by atoms with van der Waals surface area (Å²) < 4.78 is 58.7. The molecule has 2 bridgehead atoms. The van der Waals surface area contributed by atoms with E-state index in [4.69, 9.17) is 4.74 Å². The number of para-hydroxylation sites is 1. The van der Waals surface area contributed by atoms with Gasteiger partial charge in [0.1, 0.15) is 11.8 Å². The molecule has 12 heteroatoms. The number of fused-ring (bicyclic) bond motifs is 3. The molecule has 172 valence electrons. The van der Waals surface area contributed by atoms with E-state index in [0.29, 0.717) is 25.6 Å². The molecule has 1 amide bonds. The predicted octanol–water partition coefficient (Wildman–Crippen LogP) is 3.29. The number of aromatic nitrogens is 5. The van der Waals surface area contributed by atoms with Crippen molar-refractivity contribution in [2.45, 2.75) is 37.6 Å². The van der Waals surface area contributed by atoms with Gasteiger partial charge in [-0.05, 0) is 37.3 Å². The van der Waals surface area contributed by atoms with Crippen LogP contribution < -0.4 is 4.74 Å². The highest BCUT2D eigenvalue weighted by Gasteiger charge is 2.45. The zero-order valence-electron chi connectivity index (χ0n) is 17.1. The Morgan fingerprint density at radius 1 is 1.09 bits per heavy atom. The summed E-state index contributed by atoms with van der Waals surface area (Å²) >= 11 is 0. The van der Waals surface area contributed by atoms with Gasteiger partial charge in [-0.2, -0.15) is 23.4 Å². The molecule has 2 saturated heterocycles. The average Bonchev–Trinajstić information content (AvgIpc) is 3.33. The molecule has 6 rings (SSSR count). The van der Waals surface area contributed by atoms with E-state index in [2.05, 4.69) is 20.2 Å². The van der Waals surface area contributed by atoms with Gasteiger partial charge in [0.25, 0.3) is 5.91 Å². The molecular weight excluding hydrogens is 444 g/mol. The molecule has 4 heterocycles. The van der Waals surface area contributed by atoms with Gasteiger partial charge >= 0.3 is 6.18 Å². The fraction of sp³-hybridized carbons (Fsp3) is 0.381. The lowest BCUT2D eigenvalue weighted by atomic mass is 9.77. The number of benzene rings is 1. The number of hydrogen-bond acceptors (Lipinski definition) is 6. The molecule has 3 aromatic rings. The summed E-state index contributed by atoms with van der Waals surface area (Å²) in [6.45, 7) is 0.477. The largest absolute Gasteiger partial charge is 0.471 e. The average molecular weight is 462 g/mol. The van der Waals surface area contributed by atoms with E-state index < -0.39 is 23.8 Å². The number of piperidine rings is 2. The van der Waals surface area contributed by atoms with Crippen LogP contribution in [0, 0.1) is 11.7 Å². The number of rotatable bonds is 4. The first kappa shape index (κ1) is 21.3. The van der Waals surface area contributed by atoms with E-state index in [1.54, 1.807) is 4.90 Å². The summed E-state index contributed by atoms with van der Waals surface area (Å²) in [5.41, 5.74) is -1.03. The second-order valence-corrected chi connectivity index (χ2v) is 8.05. The van der Waals surface area contributed by atoms with Gasteiger partial charge in [-0.15, -0.1) is 4.80 Å². The van der Waals surface area contributed by atoms with Gasteiger partial charge in [-0.1, -0.05) is 6.07 Å². The molecule has 33 heavy (non-hydrogen) atoms. The molecular formula is C21H18F4N6O2. The quantitative estimate of drug-likeness (QED) is 0.554. The molecule has 1 saturated carbocycles. The highest BCUT2D eigenvalue weighted by atomic mass is 19.4. The highest BCUT2D eigenvalue weighted by molar-refractivity contribution is 5.98. The maximum atomic E-state index is 14.6. The number of carbonyl (C=O) groups is 1. The Balaban J connectivity index is 1.40. The van der Waals surface area contributed by atoms with Crippen molar-refractivity contribution in [1.82, 2.24) is 29.9 Å². The fourth-order valence-corrected chi connectivity index (χ4v) is 4.55. The lowest BCUT2D eigenvalue weighted by Crippen LogP contribution is -2.59. The van der Waals surface area contributed by atoms with Crippen LogP contribution in [0.15, 0.2) is 43.0 Å². The third-order valence-electron chi connectivity index (χ3n) is 6.01. The summed E-state index contributed by atoms with van der Waals surface area (Å²) in [6.07, 6.45) is 1.45. The van der Waals surface area contributed by atoms with Crippen molar-refractivity contribution in [2.24, 2.45) is 5.92 Å². The van der Waals surface area contributed by atoms with Crippen molar-refractivity contribution in [1.29, 1.82) is 0 Å². The van der Waals surface area contributed by atoms with Crippen molar-refractivity contribution in [3.63, 3.8) is 0 Å². The maximum absolute atomic E-state index is 14.6. The SMILES string of the molecule is O=C(c1cccc(F)c1-n1nccn1)N1C[C@H]2CC[C@H]1[C@H](Oc1cnc(C(F)(F)F)cn1)C2. The number of carbonyl (C=O) groups excluding carboxylic acids is 1. The summed E-state index contributed by atoms with van der Waals surface area (Å²) in [5.74, 6) is -0.915. The van der Waals surface area contributed by atoms with E-state index in [-0.39, 0.29) is 35.0 Å². The standard InChI is InChI=1S/C21H18F4N6O2/c22-14-3-1-2-13(19(14)31-28-6-7-29-31)20(32)30-11-12-4-5-15(30)16(8-12)33-18-10-26-17(9-27-18)21(23,24)25/h1-3,6-7,9-10,12,15-16H,4-5,8,11H2/t12-,15-,16+/m0/s1. The van der Waals surface area contributed by atoms with Crippen LogP contribution in [0.2, 0.25) is 0 Å². The fourth-order valence-electron chi connectivity index (χ4n) is 4.55. The van der Waals surface area contributed by atoms with Crippen LogP contribution in [0.5, 0.6) is 5.88 Å². The normalized spacial score (nSPS) is 22.4. The van der Waals surface area contributed by atoms with E-state index >= 15 is 0 Å². The number of amides is 1. The van der Waals surface area contributed by atoms with Crippen LogP contribution in [-0.4, -0.2) is 54.5 Å². The van der Waals surface area contributed by atoms with Gasteiger partial charge in [0.2, 0.25) is 5.88 Å². The minimum Gasteiger partial charge on any atom is -0.471 e. The summed E-state index contributed by atoms with van der Waals surface area (Å²) in [4.78, 5) is 23.3. The minimum atomic E-state index is -4.59. The van der Waals surface area contributed by atoms with Crippen molar-refractivity contribution in [2.75, 3.05) is 6.54 Å². The van der Waals surface area contributed by atoms with Gasteiger partial charge in [-0.25, -0.2) is 14.4 Å². The van der Waals surface area contributed by atoms with Crippen molar-refractivity contribution >= 4 is 5.91 Å². The summed E-state index contributed by atoms with van der Waals surface area (Å²) in [7, 11) is 0. The summed E-state index contributed by atoms with van der Waals surface area (Å²) in [6, 6.07) is 3.86. The van der Waals surface area contributed by atoms with Crippen molar-refractivity contribution in [3.8, 4) is 11.6 Å². The predicted molar refractivity (Wildman–Crippen MR) is 105 cm³/mol. The molecule has 2 aliphatic heterocycles. The molecule has 2 aromatic heterocycles. The highest BCUT2D eigenvalue weighted by Crippen LogP contribution is 2.38. The smallest absolute Gasteiger partial charge is 0.434 e. The van der Waals surface area contributed by atoms with Gasteiger partial charge in [-0.3, -0.25) is 4.79 Å². The Hall–Kier alpha value is -3.57. The van der Waals surface area contributed by atoms with Gasteiger partial charge in [0, 0.05) is 6.54 Å². The third-order valence-corrected chi connectivity index (χ3v) is 6.01. The Morgan fingerprint density at radius 2 is 1.88 bits per heavy atom. The molecule has 0 unspecified atom stereocenters. The second kappa shape index (κ2) is 8.09. The number of nitrogens with zero attached hydrogens (tertiary/aromatic N) is 6. The number of hydrogen-bond donors (Lipinski definition) is 0. The van der Waals surface area contributed by atoms with Crippen LogP contribution in [0.25, 0.3) is 5.69 Å². The van der Waals surface area contributed by atoms with E-state index in [1.165, 1.54) is 30.6 Å². The second-order valence-electron chi connectivity index (χ2n) is 8.05. The molecule has 1 aliphatic carbocycles. The Labute approximate surface area is 185 Å². The molecule has 8 nitrogen and oxygen atoms in total. The van der Waals surface area contributed by atoms with Crippen LogP contribution in [-0.2, 0) is 6.18 Å². The topological polar surface area (TPSA) is 86.0 Å². The van der Waals surface area contributed by atoms with Crippen LogP contribution in [0.4, 0.5) is 17.6 Å². The van der Waals surface area contributed by atoms with Gasteiger partial charge < -0.3 is 9.64 Å². The molecule has 0 radical (unpaired) electrons. The molecule has 1 aromatic carbocycles. The third kappa shape index (κ3) is 4.00.